The number of fused-ring (bicyclic) bond motifs is 1. The van der Waals surface area contributed by atoms with E-state index in [0.717, 1.165) is 53.8 Å². The number of nitrogens with zero attached hydrogens (tertiary/aromatic N) is 2. The van der Waals surface area contributed by atoms with Gasteiger partial charge in [-0.15, -0.1) is 0 Å². The summed E-state index contributed by atoms with van der Waals surface area (Å²) in [7, 11) is 0. The first-order valence-corrected chi connectivity index (χ1v) is 8.26. The van der Waals surface area contributed by atoms with Gasteiger partial charge in [0.15, 0.2) is 0 Å². The van der Waals surface area contributed by atoms with E-state index < -0.39 is 0 Å². The number of rotatable bonds is 4. The summed E-state index contributed by atoms with van der Waals surface area (Å²) in [6.45, 7) is 3.09. The molecule has 1 unspecified atom stereocenters. The lowest BCUT2D eigenvalue weighted by Crippen LogP contribution is -2.24. The maximum Gasteiger partial charge on any atom is 0.139 e. The van der Waals surface area contributed by atoms with Crippen molar-refractivity contribution in [3.8, 4) is 0 Å². The minimum absolute atomic E-state index is 0.175. The first kappa shape index (κ1) is 14.6. The normalized spacial score (nSPS) is 17.4. The van der Waals surface area contributed by atoms with Crippen molar-refractivity contribution >= 4 is 21.7 Å². The Morgan fingerprint density at radius 2 is 2.14 bits per heavy atom. The van der Waals surface area contributed by atoms with Gasteiger partial charge >= 0.3 is 0 Å². The number of anilines is 1. The minimum Gasteiger partial charge on any atom is -0.369 e. The van der Waals surface area contributed by atoms with Crippen LogP contribution in [0, 0.1) is 5.82 Å². The number of hydrogen-bond donors (Lipinski definition) is 1. The van der Waals surface area contributed by atoms with Crippen LogP contribution >= 0.6 is 15.9 Å². The highest BCUT2D eigenvalue weighted by molar-refractivity contribution is 9.10. The second-order valence-electron chi connectivity index (χ2n) is 5.44. The average molecular weight is 352 g/mol. The van der Waals surface area contributed by atoms with Crippen LogP contribution in [0.5, 0.6) is 0 Å². The molecule has 1 aromatic carbocycles. The highest BCUT2D eigenvalue weighted by Gasteiger charge is 2.26. The van der Waals surface area contributed by atoms with Crippen LogP contribution in [0.4, 0.5) is 10.2 Å². The molecule has 0 aliphatic carbocycles. The summed E-state index contributed by atoms with van der Waals surface area (Å²) in [5, 5.41) is 8.20. The number of benzene rings is 1. The summed E-state index contributed by atoms with van der Waals surface area (Å²) in [4.78, 5) is 0. The molecule has 21 heavy (non-hydrogen) atoms. The molecule has 0 saturated heterocycles. The summed E-state index contributed by atoms with van der Waals surface area (Å²) < 4.78 is 16.2. The summed E-state index contributed by atoms with van der Waals surface area (Å²) in [6.07, 6.45) is 4.23. The second kappa shape index (κ2) is 6.18. The first-order chi connectivity index (χ1) is 10.2. The topological polar surface area (TPSA) is 29.9 Å². The third-order valence-corrected chi connectivity index (χ3v) is 4.78. The van der Waals surface area contributed by atoms with E-state index in [9.17, 15) is 4.39 Å². The number of halogens is 2. The Hall–Kier alpha value is -1.36. The van der Waals surface area contributed by atoms with Crippen molar-refractivity contribution in [2.24, 2.45) is 0 Å². The molecule has 3 nitrogen and oxygen atoms in total. The molecule has 0 saturated carbocycles. The predicted molar refractivity (Wildman–Crippen MR) is 86.2 cm³/mol. The molecule has 2 aromatic rings. The summed E-state index contributed by atoms with van der Waals surface area (Å²) in [5.41, 5.74) is 2.21. The molecule has 0 radical (unpaired) electrons. The van der Waals surface area contributed by atoms with Crippen molar-refractivity contribution in [1.82, 2.24) is 9.78 Å². The zero-order valence-corrected chi connectivity index (χ0v) is 13.7. The summed E-state index contributed by atoms with van der Waals surface area (Å²) in [5.74, 6) is 0.847. The van der Waals surface area contributed by atoms with Gasteiger partial charge in [-0.25, -0.2) is 9.07 Å². The molecule has 0 fully saturated rings. The Labute approximate surface area is 132 Å². The standard InChI is InChI=1S/C16H19BrFN3/c1-2-3-4-13-15(17)16-19-10-9-14(21(16)20-13)11-5-7-12(18)8-6-11/h5-8,14,19H,2-4,9-10H2,1H3. The van der Waals surface area contributed by atoms with Crippen molar-refractivity contribution in [3.63, 3.8) is 0 Å². The smallest absolute Gasteiger partial charge is 0.139 e. The third kappa shape index (κ3) is 2.84. The quantitative estimate of drug-likeness (QED) is 0.876. The Morgan fingerprint density at radius 1 is 1.38 bits per heavy atom. The van der Waals surface area contributed by atoms with E-state index in [-0.39, 0.29) is 11.9 Å². The lowest BCUT2D eigenvalue weighted by Gasteiger charge is -2.26. The van der Waals surface area contributed by atoms with E-state index in [4.69, 9.17) is 5.10 Å². The van der Waals surface area contributed by atoms with Crippen LogP contribution in [0.15, 0.2) is 28.7 Å². The predicted octanol–water partition coefficient (Wildman–Crippen LogP) is 4.53. The van der Waals surface area contributed by atoms with Crippen LogP contribution in [0.25, 0.3) is 0 Å². The number of unbranched alkanes of at least 4 members (excludes halogenated alkanes) is 1. The van der Waals surface area contributed by atoms with Gasteiger partial charge in [-0.2, -0.15) is 5.10 Å². The SMILES string of the molecule is CCCCc1nn2c(c1Br)NCCC2c1ccc(F)cc1. The van der Waals surface area contributed by atoms with Gasteiger partial charge in [-0.05, 0) is 52.9 Å². The van der Waals surface area contributed by atoms with Crippen LogP contribution in [0.2, 0.25) is 0 Å². The molecule has 0 spiro atoms. The molecule has 1 N–H and O–H groups in total. The molecular weight excluding hydrogens is 333 g/mol. The molecule has 1 aliphatic rings. The van der Waals surface area contributed by atoms with E-state index in [0.29, 0.717) is 0 Å². The Kier molecular flexibility index (Phi) is 4.29. The molecule has 3 rings (SSSR count). The Balaban J connectivity index is 1.95. The fraction of sp³-hybridized carbons (Fsp3) is 0.438. The fourth-order valence-electron chi connectivity index (χ4n) is 2.79. The molecule has 0 amide bonds. The van der Waals surface area contributed by atoms with E-state index in [1.165, 1.54) is 12.1 Å². The van der Waals surface area contributed by atoms with Gasteiger partial charge in [0.05, 0.1) is 16.2 Å². The van der Waals surface area contributed by atoms with Gasteiger partial charge in [0, 0.05) is 6.54 Å². The largest absolute Gasteiger partial charge is 0.369 e. The van der Waals surface area contributed by atoms with E-state index in [1.807, 2.05) is 16.8 Å². The van der Waals surface area contributed by atoms with Crippen molar-refractivity contribution < 1.29 is 4.39 Å². The fourth-order valence-corrected chi connectivity index (χ4v) is 3.39. The number of nitrogens with one attached hydrogen (secondary N) is 1. The highest BCUT2D eigenvalue weighted by Crippen LogP contribution is 2.36. The van der Waals surface area contributed by atoms with Gasteiger partial charge in [-0.1, -0.05) is 25.5 Å². The second-order valence-corrected chi connectivity index (χ2v) is 6.23. The maximum atomic E-state index is 13.1. The highest BCUT2D eigenvalue weighted by atomic mass is 79.9. The van der Waals surface area contributed by atoms with Crippen molar-refractivity contribution in [2.75, 3.05) is 11.9 Å². The van der Waals surface area contributed by atoms with Gasteiger partial charge in [-0.3, -0.25) is 0 Å². The first-order valence-electron chi connectivity index (χ1n) is 7.47. The lowest BCUT2D eigenvalue weighted by atomic mass is 10.0. The minimum atomic E-state index is -0.196. The van der Waals surface area contributed by atoms with E-state index in [2.05, 4.69) is 28.2 Å². The number of aromatic nitrogens is 2. The van der Waals surface area contributed by atoms with Crippen LogP contribution in [-0.2, 0) is 6.42 Å². The van der Waals surface area contributed by atoms with Crippen LogP contribution in [0.3, 0.4) is 0 Å². The molecule has 5 heteroatoms. The van der Waals surface area contributed by atoms with Crippen LogP contribution in [-0.4, -0.2) is 16.3 Å². The van der Waals surface area contributed by atoms with E-state index in [1.54, 1.807) is 0 Å². The third-order valence-electron chi connectivity index (χ3n) is 3.95. The van der Waals surface area contributed by atoms with Gasteiger partial charge < -0.3 is 5.32 Å². The van der Waals surface area contributed by atoms with Crippen molar-refractivity contribution in [3.05, 3.63) is 45.8 Å². The van der Waals surface area contributed by atoms with Gasteiger partial charge in [0.2, 0.25) is 0 Å². The summed E-state index contributed by atoms with van der Waals surface area (Å²) in [6, 6.07) is 6.93. The molecular formula is C16H19BrFN3. The molecule has 1 aliphatic heterocycles. The zero-order chi connectivity index (χ0) is 14.8. The monoisotopic (exact) mass is 351 g/mol. The molecule has 112 valence electrons. The molecule has 1 aromatic heterocycles. The molecule has 1 atom stereocenters. The number of aryl methyl sites for hydroxylation is 1. The van der Waals surface area contributed by atoms with Gasteiger partial charge in [0.25, 0.3) is 0 Å². The maximum absolute atomic E-state index is 13.1. The number of hydrogen-bond acceptors (Lipinski definition) is 2. The molecule has 0 bridgehead atoms. The van der Waals surface area contributed by atoms with Crippen LogP contribution < -0.4 is 5.32 Å². The average Bonchev–Trinajstić information content (AvgIpc) is 2.83. The van der Waals surface area contributed by atoms with Crippen molar-refractivity contribution in [2.45, 2.75) is 38.6 Å². The van der Waals surface area contributed by atoms with Crippen molar-refractivity contribution in [1.29, 1.82) is 0 Å². The Morgan fingerprint density at radius 3 is 2.86 bits per heavy atom. The Bertz CT molecular complexity index is 621. The summed E-state index contributed by atoms with van der Waals surface area (Å²) >= 11 is 3.67. The van der Waals surface area contributed by atoms with Gasteiger partial charge in [0.1, 0.15) is 11.6 Å². The molecule has 2 heterocycles. The van der Waals surface area contributed by atoms with E-state index >= 15 is 0 Å². The zero-order valence-electron chi connectivity index (χ0n) is 12.1. The van der Waals surface area contributed by atoms with Crippen LogP contribution in [0.1, 0.15) is 43.5 Å². The lowest BCUT2D eigenvalue weighted by molar-refractivity contribution is 0.476.